The second-order valence-corrected chi connectivity index (χ2v) is 6.77. The van der Waals surface area contributed by atoms with Crippen LogP contribution in [0.15, 0.2) is 121 Å². The first-order chi connectivity index (χ1) is 13.8. The molecule has 4 rings (SSSR count). The van der Waals surface area contributed by atoms with E-state index in [9.17, 15) is 0 Å². The summed E-state index contributed by atoms with van der Waals surface area (Å²) >= 11 is 0. The highest BCUT2D eigenvalue weighted by Crippen LogP contribution is 2.32. The van der Waals surface area contributed by atoms with E-state index in [0.717, 1.165) is 5.69 Å². The van der Waals surface area contributed by atoms with Crippen LogP contribution in [-0.4, -0.2) is 0 Å². The molecule has 0 aliphatic rings. The first-order valence-corrected chi connectivity index (χ1v) is 9.55. The van der Waals surface area contributed by atoms with Gasteiger partial charge in [-0.3, -0.25) is 0 Å². The third kappa shape index (κ3) is 3.89. The molecule has 0 aromatic heterocycles. The lowest BCUT2D eigenvalue weighted by atomic mass is 9.98. The van der Waals surface area contributed by atoms with Crippen molar-refractivity contribution in [3.8, 4) is 0 Å². The number of hydrogen-bond donors (Lipinski definition) is 0. The Morgan fingerprint density at radius 1 is 0.571 bits per heavy atom. The monoisotopic (exact) mass is 361 g/mol. The molecule has 0 N–H and O–H groups in total. The van der Waals surface area contributed by atoms with Gasteiger partial charge in [-0.2, -0.15) is 0 Å². The van der Waals surface area contributed by atoms with E-state index >= 15 is 0 Å². The standard InChI is InChI=1S/C27H23N/c1-22-13-11-12-20-27(22)28(25-18-9-4-10-19-25)21-26(23-14-5-2-6-15-23)24-16-7-3-8-17-24/h2-21H,1H3. The van der Waals surface area contributed by atoms with Crippen molar-refractivity contribution in [2.24, 2.45) is 0 Å². The van der Waals surface area contributed by atoms with Crippen LogP contribution in [0.3, 0.4) is 0 Å². The smallest absolute Gasteiger partial charge is 0.0484 e. The molecule has 0 saturated heterocycles. The first-order valence-electron chi connectivity index (χ1n) is 9.55. The van der Waals surface area contributed by atoms with Gasteiger partial charge in [-0.15, -0.1) is 0 Å². The van der Waals surface area contributed by atoms with Crippen molar-refractivity contribution in [2.75, 3.05) is 4.90 Å². The maximum Gasteiger partial charge on any atom is 0.0484 e. The van der Waals surface area contributed by atoms with Gasteiger partial charge in [0.15, 0.2) is 0 Å². The third-order valence-corrected chi connectivity index (χ3v) is 4.84. The van der Waals surface area contributed by atoms with Crippen LogP contribution in [0.1, 0.15) is 16.7 Å². The second kappa shape index (κ2) is 8.41. The van der Waals surface area contributed by atoms with Crippen molar-refractivity contribution in [1.29, 1.82) is 0 Å². The molecule has 0 fully saturated rings. The van der Waals surface area contributed by atoms with Gasteiger partial charge < -0.3 is 4.90 Å². The maximum atomic E-state index is 2.28. The summed E-state index contributed by atoms with van der Waals surface area (Å²) in [6.07, 6.45) is 2.25. The molecule has 0 atom stereocenters. The van der Waals surface area contributed by atoms with E-state index in [1.807, 2.05) is 0 Å². The normalized spacial score (nSPS) is 10.3. The van der Waals surface area contributed by atoms with Crippen molar-refractivity contribution < 1.29 is 0 Å². The van der Waals surface area contributed by atoms with Gasteiger partial charge in [-0.05, 0) is 41.8 Å². The van der Waals surface area contributed by atoms with Crippen LogP contribution in [0.4, 0.5) is 11.4 Å². The molecule has 0 spiro atoms. The van der Waals surface area contributed by atoms with Crippen LogP contribution in [0.25, 0.3) is 5.57 Å². The highest BCUT2D eigenvalue weighted by Gasteiger charge is 2.13. The number of nitrogens with zero attached hydrogens (tertiary/aromatic N) is 1. The average molecular weight is 361 g/mol. The number of benzene rings is 4. The molecule has 0 saturated carbocycles. The molecular formula is C27H23N. The molecule has 0 unspecified atom stereocenters. The first kappa shape index (κ1) is 17.8. The second-order valence-electron chi connectivity index (χ2n) is 6.77. The average Bonchev–Trinajstić information content (AvgIpc) is 2.77. The van der Waals surface area contributed by atoms with Crippen molar-refractivity contribution in [3.63, 3.8) is 0 Å². The summed E-state index contributed by atoms with van der Waals surface area (Å²) < 4.78 is 0. The van der Waals surface area contributed by atoms with Gasteiger partial charge in [0.05, 0.1) is 0 Å². The SMILES string of the molecule is Cc1ccccc1N(C=C(c1ccccc1)c1ccccc1)c1ccccc1. The van der Waals surface area contributed by atoms with Crippen molar-refractivity contribution in [3.05, 3.63) is 138 Å². The zero-order chi connectivity index (χ0) is 19.2. The molecule has 4 aromatic carbocycles. The van der Waals surface area contributed by atoms with E-state index in [1.54, 1.807) is 0 Å². The van der Waals surface area contributed by atoms with Gasteiger partial charge in [0, 0.05) is 23.1 Å². The Kier molecular flexibility index (Phi) is 5.35. The lowest BCUT2D eigenvalue weighted by Crippen LogP contribution is -2.11. The van der Waals surface area contributed by atoms with Gasteiger partial charge in [0.1, 0.15) is 0 Å². The van der Waals surface area contributed by atoms with E-state index in [4.69, 9.17) is 0 Å². The molecule has 0 aliphatic carbocycles. The maximum absolute atomic E-state index is 2.28. The number of rotatable bonds is 5. The fraction of sp³-hybridized carbons (Fsp3) is 0.0370. The van der Waals surface area contributed by atoms with E-state index in [1.165, 1.54) is 28.0 Å². The van der Waals surface area contributed by atoms with Gasteiger partial charge >= 0.3 is 0 Å². The predicted molar refractivity (Wildman–Crippen MR) is 120 cm³/mol. The van der Waals surface area contributed by atoms with Crippen LogP contribution in [0.2, 0.25) is 0 Å². The summed E-state index contributed by atoms with van der Waals surface area (Å²) in [5, 5.41) is 0. The summed E-state index contributed by atoms with van der Waals surface area (Å²) in [7, 11) is 0. The van der Waals surface area contributed by atoms with Gasteiger partial charge in [-0.25, -0.2) is 0 Å². The summed E-state index contributed by atoms with van der Waals surface area (Å²) in [6.45, 7) is 2.16. The molecule has 1 nitrogen and oxygen atoms in total. The van der Waals surface area contributed by atoms with E-state index < -0.39 is 0 Å². The zero-order valence-corrected chi connectivity index (χ0v) is 16.0. The predicted octanol–water partition coefficient (Wildman–Crippen LogP) is 7.22. The minimum absolute atomic E-state index is 1.14. The van der Waals surface area contributed by atoms with Gasteiger partial charge in [0.2, 0.25) is 0 Å². The quantitative estimate of drug-likeness (QED) is 0.362. The van der Waals surface area contributed by atoms with E-state index in [2.05, 4.69) is 133 Å². The lowest BCUT2D eigenvalue weighted by Gasteiger charge is -2.25. The van der Waals surface area contributed by atoms with Crippen LogP contribution < -0.4 is 4.90 Å². The minimum Gasteiger partial charge on any atom is -0.316 e. The number of para-hydroxylation sites is 2. The summed E-state index contributed by atoms with van der Waals surface area (Å²) in [4.78, 5) is 2.28. The number of hydrogen-bond acceptors (Lipinski definition) is 1. The van der Waals surface area contributed by atoms with E-state index in [-0.39, 0.29) is 0 Å². The van der Waals surface area contributed by atoms with Crippen LogP contribution >= 0.6 is 0 Å². The summed E-state index contributed by atoms with van der Waals surface area (Å²) in [5.41, 5.74) is 7.14. The van der Waals surface area contributed by atoms with Crippen LogP contribution in [-0.2, 0) is 0 Å². The Hall–Kier alpha value is -3.58. The Bertz CT molecular complexity index is 1010. The van der Waals surface area contributed by atoms with Gasteiger partial charge in [-0.1, -0.05) is 97.1 Å². The minimum atomic E-state index is 1.14. The fourth-order valence-electron chi connectivity index (χ4n) is 3.39. The topological polar surface area (TPSA) is 3.24 Å². The fourth-order valence-corrected chi connectivity index (χ4v) is 3.39. The molecule has 136 valence electrons. The van der Waals surface area contributed by atoms with Crippen molar-refractivity contribution >= 4 is 16.9 Å². The molecule has 0 aliphatic heterocycles. The molecule has 0 heterocycles. The largest absolute Gasteiger partial charge is 0.316 e. The highest BCUT2D eigenvalue weighted by molar-refractivity contribution is 5.84. The number of anilines is 2. The van der Waals surface area contributed by atoms with Crippen LogP contribution in [0, 0.1) is 6.92 Å². The Labute approximate surface area is 167 Å². The molecule has 4 aromatic rings. The Morgan fingerprint density at radius 3 is 1.57 bits per heavy atom. The number of aryl methyl sites for hydroxylation is 1. The molecule has 0 radical (unpaired) electrons. The molecule has 28 heavy (non-hydrogen) atoms. The van der Waals surface area contributed by atoms with E-state index in [0.29, 0.717) is 0 Å². The molecule has 0 amide bonds. The highest BCUT2D eigenvalue weighted by atomic mass is 15.1. The van der Waals surface area contributed by atoms with Crippen LogP contribution in [0.5, 0.6) is 0 Å². The lowest BCUT2D eigenvalue weighted by molar-refractivity contribution is 1.25. The van der Waals surface area contributed by atoms with Gasteiger partial charge in [0.25, 0.3) is 0 Å². The summed E-state index contributed by atoms with van der Waals surface area (Å²) in [5.74, 6) is 0. The zero-order valence-electron chi connectivity index (χ0n) is 16.0. The molecular weight excluding hydrogens is 338 g/mol. The molecule has 1 heteroatoms. The Balaban J connectivity index is 1.93. The van der Waals surface area contributed by atoms with Crippen molar-refractivity contribution in [2.45, 2.75) is 6.92 Å². The Morgan fingerprint density at radius 2 is 1.04 bits per heavy atom. The summed E-state index contributed by atoms with van der Waals surface area (Å²) in [6, 6.07) is 40.2. The third-order valence-electron chi connectivity index (χ3n) is 4.84. The molecule has 0 bridgehead atoms. The van der Waals surface area contributed by atoms with Crippen molar-refractivity contribution in [1.82, 2.24) is 0 Å².